The predicted molar refractivity (Wildman–Crippen MR) is 142 cm³/mol. The molecular formula is C30H44N2O. The molecule has 0 spiro atoms. The van der Waals surface area contributed by atoms with Gasteiger partial charge in [-0.2, -0.15) is 0 Å². The third-order valence-electron chi connectivity index (χ3n) is 6.16. The summed E-state index contributed by atoms with van der Waals surface area (Å²) < 4.78 is 0. The summed E-state index contributed by atoms with van der Waals surface area (Å²) in [6, 6.07) is 18.8. The van der Waals surface area contributed by atoms with Crippen molar-refractivity contribution in [2.75, 3.05) is 13.1 Å². The Morgan fingerprint density at radius 1 is 0.848 bits per heavy atom. The van der Waals surface area contributed by atoms with Gasteiger partial charge in [-0.3, -0.25) is 9.79 Å². The molecule has 180 valence electrons. The van der Waals surface area contributed by atoms with Gasteiger partial charge in [0.2, 0.25) is 5.91 Å². The lowest BCUT2D eigenvalue weighted by molar-refractivity contribution is -0.132. The van der Waals surface area contributed by atoms with Crippen LogP contribution in [0.25, 0.3) is 0 Å². The van der Waals surface area contributed by atoms with Gasteiger partial charge in [0.15, 0.2) is 0 Å². The quantitative estimate of drug-likeness (QED) is 0.284. The van der Waals surface area contributed by atoms with Crippen LogP contribution < -0.4 is 0 Å². The molecule has 0 aliphatic heterocycles. The summed E-state index contributed by atoms with van der Waals surface area (Å²) in [5, 5.41) is 0. The van der Waals surface area contributed by atoms with Crippen molar-refractivity contribution >= 4 is 12.1 Å². The van der Waals surface area contributed by atoms with Crippen LogP contribution >= 0.6 is 0 Å². The van der Waals surface area contributed by atoms with E-state index < -0.39 is 0 Å². The van der Waals surface area contributed by atoms with E-state index in [9.17, 15) is 4.79 Å². The largest absolute Gasteiger partial charge is 0.341 e. The van der Waals surface area contributed by atoms with Crippen LogP contribution in [0.1, 0.15) is 82.9 Å². The number of carbonyl (C=O) groups is 1. The molecule has 1 amide bonds. The van der Waals surface area contributed by atoms with Gasteiger partial charge in [-0.25, -0.2) is 0 Å². The minimum Gasteiger partial charge on any atom is -0.341 e. The highest BCUT2D eigenvalue weighted by molar-refractivity contribution is 5.84. The predicted octanol–water partition coefficient (Wildman–Crippen LogP) is 7.10. The molecule has 0 radical (unpaired) electrons. The highest BCUT2D eigenvalue weighted by Gasteiger charge is 2.23. The van der Waals surface area contributed by atoms with E-state index in [2.05, 4.69) is 71.0 Å². The van der Waals surface area contributed by atoms with Crippen molar-refractivity contribution < 1.29 is 4.79 Å². The molecule has 0 aliphatic carbocycles. The molecular weight excluding hydrogens is 404 g/mol. The highest BCUT2D eigenvalue weighted by Crippen LogP contribution is 2.17. The van der Waals surface area contributed by atoms with Crippen LogP contribution in [-0.2, 0) is 17.6 Å². The fourth-order valence-corrected chi connectivity index (χ4v) is 4.00. The maximum absolute atomic E-state index is 13.5. The number of benzene rings is 2. The standard InChI is InChI=1S/C30H44N2O/c1-6-8-19-32(20-9-7-2)30(33)29(22-26-13-11-10-12-14-26)31-23-25(5)21-27-15-17-28(18-16-27)24(3)4/h10-18,23-25,29H,6-9,19-22H2,1-5H3. The summed E-state index contributed by atoms with van der Waals surface area (Å²) in [6.07, 6.45) is 7.87. The zero-order valence-electron chi connectivity index (χ0n) is 21.5. The zero-order valence-corrected chi connectivity index (χ0v) is 21.5. The Hall–Kier alpha value is -2.42. The lowest BCUT2D eigenvalue weighted by Gasteiger charge is -2.26. The van der Waals surface area contributed by atoms with Gasteiger partial charge < -0.3 is 4.90 Å². The van der Waals surface area contributed by atoms with Gasteiger partial charge in [0.25, 0.3) is 0 Å². The number of aliphatic imine (C=N–C) groups is 1. The minimum atomic E-state index is -0.355. The van der Waals surface area contributed by atoms with Gasteiger partial charge in [0.1, 0.15) is 6.04 Å². The fourth-order valence-electron chi connectivity index (χ4n) is 4.00. The van der Waals surface area contributed by atoms with Crippen LogP contribution in [0.3, 0.4) is 0 Å². The molecule has 0 saturated heterocycles. The Labute approximate surface area is 202 Å². The Bertz CT molecular complexity index is 818. The molecule has 0 aliphatic rings. The average Bonchev–Trinajstić information content (AvgIpc) is 2.82. The second kappa shape index (κ2) is 14.7. The van der Waals surface area contributed by atoms with Crippen LogP contribution in [0, 0.1) is 5.92 Å². The van der Waals surface area contributed by atoms with E-state index in [0.717, 1.165) is 50.8 Å². The zero-order chi connectivity index (χ0) is 24.1. The second-order valence-electron chi connectivity index (χ2n) is 9.61. The van der Waals surface area contributed by atoms with Gasteiger partial charge in [0, 0.05) is 25.7 Å². The van der Waals surface area contributed by atoms with Crippen molar-refractivity contribution in [3.63, 3.8) is 0 Å². The van der Waals surface area contributed by atoms with Crippen molar-refractivity contribution in [3.8, 4) is 0 Å². The topological polar surface area (TPSA) is 32.7 Å². The van der Waals surface area contributed by atoms with Crippen molar-refractivity contribution in [2.45, 2.75) is 85.1 Å². The normalized spacial score (nSPS) is 13.4. The molecule has 0 saturated carbocycles. The number of amides is 1. The van der Waals surface area contributed by atoms with Crippen LogP contribution in [0.5, 0.6) is 0 Å². The smallest absolute Gasteiger partial charge is 0.247 e. The first-order chi connectivity index (χ1) is 15.9. The molecule has 2 atom stereocenters. The Morgan fingerprint density at radius 3 is 1.97 bits per heavy atom. The summed E-state index contributed by atoms with van der Waals surface area (Å²) in [4.78, 5) is 20.5. The Kier molecular flexibility index (Phi) is 11.9. The monoisotopic (exact) mass is 448 g/mol. The van der Waals surface area contributed by atoms with E-state index in [0.29, 0.717) is 12.3 Å². The molecule has 0 heterocycles. The summed E-state index contributed by atoms with van der Waals surface area (Å²) in [7, 11) is 0. The van der Waals surface area contributed by atoms with Crippen LogP contribution in [0.2, 0.25) is 0 Å². The molecule has 2 aromatic rings. The van der Waals surface area contributed by atoms with E-state index in [-0.39, 0.29) is 17.9 Å². The van der Waals surface area contributed by atoms with Crippen molar-refractivity contribution in [1.82, 2.24) is 4.90 Å². The summed E-state index contributed by atoms with van der Waals surface area (Å²) in [5.74, 6) is 0.998. The molecule has 0 bridgehead atoms. The fraction of sp³-hybridized carbons (Fsp3) is 0.533. The molecule has 0 fully saturated rings. The molecule has 3 heteroatoms. The SMILES string of the molecule is CCCCN(CCCC)C(=O)C(Cc1ccccc1)N=CC(C)Cc1ccc(C(C)C)cc1. The Balaban J connectivity index is 2.14. The van der Waals surface area contributed by atoms with E-state index in [1.807, 2.05) is 29.3 Å². The molecule has 3 nitrogen and oxygen atoms in total. The first-order valence-electron chi connectivity index (χ1n) is 12.9. The molecule has 0 aromatic heterocycles. The van der Waals surface area contributed by atoms with E-state index >= 15 is 0 Å². The van der Waals surface area contributed by atoms with Crippen LogP contribution in [0.4, 0.5) is 0 Å². The summed E-state index contributed by atoms with van der Waals surface area (Å²) in [5.41, 5.74) is 3.85. The molecule has 0 N–H and O–H groups in total. The van der Waals surface area contributed by atoms with Crippen LogP contribution in [0.15, 0.2) is 59.6 Å². The maximum Gasteiger partial charge on any atom is 0.247 e. The number of hydrogen-bond acceptors (Lipinski definition) is 2. The van der Waals surface area contributed by atoms with Crippen molar-refractivity contribution in [3.05, 3.63) is 71.3 Å². The first kappa shape index (κ1) is 26.8. The highest BCUT2D eigenvalue weighted by atomic mass is 16.2. The molecule has 2 rings (SSSR count). The van der Waals surface area contributed by atoms with Gasteiger partial charge in [-0.15, -0.1) is 0 Å². The maximum atomic E-state index is 13.5. The lowest BCUT2D eigenvalue weighted by atomic mass is 9.97. The second-order valence-corrected chi connectivity index (χ2v) is 9.61. The van der Waals surface area contributed by atoms with Crippen LogP contribution in [-0.4, -0.2) is 36.2 Å². The van der Waals surface area contributed by atoms with E-state index in [1.54, 1.807) is 0 Å². The van der Waals surface area contributed by atoms with Gasteiger partial charge in [-0.1, -0.05) is 102 Å². The summed E-state index contributed by atoms with van der Waals surface area (Å²) in [6.45, 7) is 12.6. The number of carbonyl (C=O) groups excluding carboxylic acids is 1. The van der Waals surface area contributed by atoms with Gasteiger partial charge in [-0.05, 0) is 47.8 Å². The van der Waals surface area contributed by atoms with E-state index in [1.165, 1.54) is 11.1 Å². The number of hydrogen-bond donors (Lipinski definition) is 0. The average molecular weight is 449 g/mol. The summed E-state index contributed by atoms with van der Waals surface area (Å²) >= 11 is 0. The lowest BCUT2D eigenvalue weighted by Crippen LogP contribution is -2.40. The van der Waals surface area contributed by atoms with Gasteiger partial charge in [0.05, 0.1) is 0 Å². The van der Waals surface area contributed by atoms with Crippen molar-refractivity contribution in [1.29, 1.82) is 0 Å². The number of rotatable bonds is 14. The van der Waals surface area contributed by atoms with Crippen molar-refractivity contribution in [2.24, 2.45) is 10.9 Å². The first-order valence-corrected chi connectivity index (χ1v) is 12.9. The third-order valence-corrected chi connectivity index (χ3v) is 6.16. The Morgan fingerprint density at radius 2 is 1.42 bits per heavy atom. The molecule has 2 aromatic carbocycles. The van der Waals surface area contributed by atoms with Gasteiger partial charge >= 0.3 is 0 Å². The number of nitrogens with zero attached hydrogens (tertiary/aromatic N) is 2. The molecule has 33 heavy (non-hydrogen) atoms. The number of unbranched alkanes of at least 4 members (excludes halogenated alkanes) is 2. The minimum absolute atomic E-state index is 0.172. The van der Waals surface area contributed by atoms with E-state index in [4.69, 9.17) is 4.99 Å². The molecule has 2 unspecified atom stereocenters. The third kappa shape index (κ3) is 9.53.